The van der Waals surface area contributed by atoms with Crippen LogP contribution in [0.5, 0.6) is 0 Å². The van der Waals surface area contributed by atoms with Gasteiger partial charge < -0.3 is 0 Å². The SMILES string of the molecule is CN=P(C)(N(C)P(C)C)C(C)(C)C. The molecule has 13 heavy (non-hydrogen) atoms. The van der Waals surface area contributed by atoms with Crippen molar-refractivity contribution in [2.24, 2.45) is 4.74 Å². The molecule has 2 nitrogen and oxygen atoms in total. The maximum absolute atomic E-state index is 4.67. The van der Waals surface area contributed by atoms with Crippen molar-refractivity contribution >= 4 is 15.3 Å². The second-order valence-electron chi connectivity index (χ2n) is 4.62. The van der Waals surface area contributed by atoms with Crippen LogP contribution in [0.1, 0.15) is 20.8 Å². The van der Waals surface area contributed by atoms with E-state index in [0.717, 1.165) is 0 Å². The predicted octanol–water partition coefficient (Wildman–Crippen LogP) is 3.75. The topological polar surface area (TPSA) is 15.6 Å². The van der Waals surface area contributed by atoms with Gasteiger partial charge in [-0.05, 0) is 35.1 Å². The molecular weight excluding hydrogens is 198 g/mol. The van der Waals surface area contributed by atoms with Gasteiger partial charge in [0.1, 0.15) is 0 Å². The summed E-state index contributed by atoms with van der Waals surface area (Å²) in [6.45, 7) is 13.8. The van der Waals surface area contributed by atoms with Gasteiger partial charge in [0.15, 0.2) is 0 Å². The Kier molecular flexibility index (Phi) is 4.64. The minimum absolute atomic E-state index is 0.0308. The Labute approximate surface area is 85.0 Å². The quantitative estimate of drug-likeness (QED) is 0.650. The second-order valence-corrected chi connectivity index (χ2v) is 11.4. The van der Waals surface area contributed by atoms with E-state index in [4.69, 9.17) is 0 Å². The van der Waals surface area contributed by atoms with Gasteiger partial charge in [-0.3, -0.25) is 9.19 Å². The molecule has 0 aromatic carbocycles. The summed E-state index contributed by atoms with van der Waals surface area (Å²) in [5, 5.41) is 0.295. The summed E-state index contributed by atoms with van der Waals surface area (Å²) >= 11 is 0. The maximum atomic E-state index is 4.67. The van der Waals surface area contributed by atoms with Crippen molar-refractivity contribution in [2.75, 3.05) is 34.1 Å². The van der Waals surface area contributed by atoms with Gasteiger partial charge in [0.2, 0.25) is 0 Å². The first-order chi connectivity index (χ1) is 5.66. The van der Waals surface area contributed by atoms with Gasteiger partial charge in [0, 0.05) is 19.4 Å². The first kappa shape index (κ1) is 13.6. The molecule has 0 aliphatic heterocycles. The van der Waals surface area contributed by atoms with E-state index in [1.54, 1.807) is 0 Å². The highest BCUT2D eigenvalue weighted by molar-refractivity contribution is 7.75. The van der Waals surface area contributed by atoms with Gasteiger partial charge in [-0.15, -0.1) is 0 Å². The van der Waals surface area contributed by atoms with E-state index in [9.17, 15) is 0 Å². The summed E-state index contributed by atoms with van der Waals surface area (Å²) in [7, 11) is 2.86. The van der Waals surface area contributed by atoms with E-state index in [-0.39, 0.29) is 8.07 Å². The van der Waals surface area contributed by atoms with Gasteiger partial charge in [-0.2, -0.15) is 0 Å². The van der Waals surface area contributed by atoms with Crippen LogP contribution in [0.2, 0.25) is 0 Å². The standard InChI is InChI=1S/C9H24N2P2/c1-9(2,3)13(8,10-4)11(5)12(6)7/h1-8H3. The smallest absolute Gasteiger partial charge is 0.0372 e. The van der Waals surface area contributed by atoms with Crippen molar-refractivity contribution in [3.8, 4) is 0 Å². The van der Waals surface area contributed by atoms with Crippen molar-refractivity contribution in [1.82, 2.24) is 4.44 Å². The second kappa shape index (κ2) is 4.43. The zero-order chi connectivity index (χ0) is 10.9. The Bertz CT molecular complexity index is 216. The number of hydrogen-bond acceptors (Lipinski definition) is 1. The van der Waals surface area contributed by atoms with Crippen LogP contribution in [0.15, 0.2) is 4.74 Å². The van der Waals surface area contributed by atoms with Crippen LogP contribution in [0.25, 0.3) is 0 Å². The maximum Gasteiger partial charge on any atom is 0.0372 e. The van der Waals surface area contributed by atoms with Crippen molar-refractivity contribution in [3.63, 3.8) is 0 Å². The first-order valence-electron chi connectivity index (χ1n) is 4.56. The van der Waals surface area contributed by atoms with Gasteiger partial charge in [0.05, 0.1) is 0 Å². The van der Waals surface area contributed by atoms with Crippen molar-refractivity contribution in [2.45, 2.75) is 25.9 Å². The molecule has 0 aliphatic carbocycles. The molecule has 0 heterocycles. The van der Waals surface area contributed by atoms with Gasteiger partial charge in [0.25, 0.3) is 0 Å². The van der Waals surface area contributed by atoms with E-state index in [1.165, 1.54) is 0 Å². The fraction of sp³-hybridized carbons (Fsp3) is 1.00. The molecule has 0 fully saturated rings. The van der Waals surface area contributed by atoms with Crippen LogP contribution in [0.4, 0.5) is 0 Å². The van der Waals surface area contributed by atoms with E-state index >= 15 is 0 Å². The Morgan fingerprint density at radius 2 is 1.62 bits per heavy atom. The lowest BCUT2D eigenvalue weighted by Gasteiger charge is -2.42. The summed E-state index contributed by atoms with van der Waals surface area (Å²) in [5.74, 6) is 0. The van der Waals surface area contributed by atoms with Crippen LogP contribution in [-0.4, -0.2) is 43.7 Å². The van der Waals surface area contributed by atoms with Gasteiger partial charge in [-0.1, -0.05) is 20.8 Å². The monoisotopic (exact) mass is 222 g/mol. The summed E-state index contributed by atoms with van der Waals surface area (Å²) < 4.78 is 7.17. The minimum Gasteiger partial charge on any atom is -0.291 e. The third-order valence-corrected chi connectivity index (χ3v) is 10.5. The Morgan fingerprint density at radius 3 is 1.69 bits per heavy atom. The molecule has 0 aliphatic rings. The van der Waals surface area contributed by atoms with Crippen molar-refractivity contribution < 1.29 is 0 Å². The van der Waals surface area contributed by atoms with Crippen LogP contribution in [0.3, 0.4) is 0 Å². The van der Waals surface area contributed by atoms with Crippen LogP contribution >= 0.6 is 15.3 Å². The molecule has 0 radical (unpaired) electrons. The molecule has 0 N–H and O–H groups in total. The van der Waals surface area contributed by atoms with Crippen molar-refractivity contribution in [1.29, 1.82) is 0 Å². The number of nitrogens with zero attached hydrogens (tertiary/aromatic N) is 2. The molecule has 0 saturated heterocycles. The largest absolute Gasteiger partial charge is 0.291 e. The lowest BCUT2D eigenvalue weighted by molar-refractivity contribution is 0.719. The van der Waals surface area contributed by atoms with E-state index in [1.807, 2.05) is 7.05 Å². The van der Waals surface area contributed by atoms with Crippen molar-refractivity contribution in [3.05, 3.63) is 0 Å². The molecule has 4 heteroatoms. The zero-order valence-corrected chi connectivity index (χ0v) is 12.1. The fourth-order valence-corrected chi connectivity index (χ4v) is 6.77. The van der Waals surface area contributed by atoms with E-state index < -0.39 is 7.21 Å². The number of rotatable bonds is 2. The summed E-state index contributed by atoms with van der Waals surface area (Å²) in [4.78, 5) is 0. The average Bonchev–Trinajstić information content (AvgIpc) is 1.99. The van der Waals surface area contributed by atoms with E-state index in [2.05, 4.69) is 57.0 Å². The molecule has 1 atom stereocenters. The van der Waals surface area contributed by atoms with Gasteiger partial charge >= 0.3 is 0 Å². The third kappa shape index (κ3) is 2.78. The Balaban J connectivity index is 5.10. The molecule has 0 amide bonds. The molecule has 1 unspecified atom stereocenters. The lowest BCUT2D eigenvalue weighted by atomic mass is 10.3. The molecule has 0 aromatic rings. The van der Waals surface area contributed by atoms with Crippen LogP contribution < -0.4 is 0 Å². The minimum atomic E-state index is -1.29. The summed E-state index contributed by atoms with van der Waals surface area (Å²) in [6.07, 6.45) is 0. The summed E-state index contributed by atoms with van der Waals surface area (Å²) in [5.41, 5.74) is 0. The lowest BCUT2D eigenvalue weighted by Crippen LogP contribution is -2.24. The predicted molar refractivity (Wildman–Crippen MR) is 67.5 cm³/mol. The third-order valence-electron chi connectivity index (χ3n) is 2.80. The molecule has 80 valence electrons. The fourth-order valence-electron chi connectivity index (χ4n) is 1.21. The number of hydrogen-bond donors (Lipinski definition) is 0. The molecular formula is C9H24N2P2. The first-order valence-corrected chi connectivity index (χ1v) is 8.89. The van der Waals surface area contributed by atoms with Gasteiger partial charge in [-0.25, -0.2) is 0 Å². The molecule has 0 rings (SSSR count). The zero-order valence-electron chi connectivity index (χ0n) is 10.3. The Hall–Kier alpha value is 0.620. The van der Waals surface area contributed by atoms with Crippen LogP contribution in [0, 0.1) is 0 Å². The van der Waals surface area contributed by atoms with Crippen LogP contribution in [-0.2, 0) is 0 Å². The average molecular weight is 222 g/mol. The molecule has 0 saturated carbocycles. The molecule has 0 aromatic heterocycles. The molecule has 0 bridgehead atoms. The Morgan fingerprint density at radius 1 is 1.23 bits per heavy atom. The highest BCUT2D eigenvalue weighted by atomic mass is 31.2. The highest BCUT2D eigenvalue weighted by Gasteiger charge is 2.33. The summed E-state index contributed by atoms with van der Waals surface area (Å²) in [6, 6.07) is 0. The van der Waals surface area contributed by atoms with E-state index in [0.29, 0.717) is 5.16 Å². The molecule has 0 spiro atoms. The highest BCUT2D eigenvalue weighted by Crippen LogP contribution is 2.65. The normalized spacial score (nSPS) is 17.7.